The minimum atomic E-state index is -4.68. The Morgan fingerprint density at radius 3 is 2.71 bits per heavy atom. The number of rotatable bonds is 5. The van der Waals surface area contributed by atoms with Gasteiger partial charge in [0, 0.05) is 6.54 Å². The summed E-state index contributed by atoms with van der Waals surface area (Å²) in [7, 11) is 0. The summed E-state index contributed by atoms with van der Waals surface area (Å²) < 4.78 is 44.9. The molecule has 2 amide bonds. The van der Waals surface area contributed by atoms with Gasteiger partial charge in [0.25, 0.3) is 0 Å². The van der Waals surface area contributed by atoms with Gasteiger partial charge in [-0.05, 0) is 31.9 Å². The molecule has 7 nitrogen and oxygen atoms in total. The van der Waals surface area contributed by atoms with E-state index in [0.717, 1.165) is 16.9 Å². The van der Waals surface area contributed by atoms with Crippen molar-refractivity contribution in [2.75, 3.05) is 13.2 Å². The minimum absolute atomic E-state index is 0.0266. The average Bonchev–Trinajstić information content (AvgIpc) is 2.72. The number of urea groups is 1. The second kappa shape index (κ2) is 9.67. The third-order valence-electron chi connectivity index (χ3n) is 4.67. The number of fused-ring (bicyclic) bond motifs is 1. The third kappa shape index (κ3) is 6.09. The topological polar surface area (TPSA) is 87.1 Å². The van der Waals surface area contributed by atoms with Crippen molar-refractivity contribution in [3.05, 3.63) is 53.6 Å². The monoisotopic (exact) mass is 435 g/mol. The second-order valence-electron chi connectivity index (χ2n) is 7.21. The fraction of sp³-hybridized carbons (Fsp3) is 0.381. The molecule has 0 radical (unpaired) electrons. The lowest BCUT2D eigenvalue weighted by atomic mass is 9.93. The van der Waals surface area contributed by atoms with E-state index in [1.807, 2.05) is 32.0 Å². The summed E-state index contributed by atoms with van der Waals surface area (Å²) in [5.74, 6) is -0.982. The van der Waals surface area contributed by atoms with Gasteiger partial charge in [-0.3, -0.25) is 15.8 Å². The first-order valence-electron chi connectivity index (χ1n) is 9.82. The lowest BCUT2D eigenvalue weighted by molar-refractivity contribution is -0.0602. The number of carbonyl (C=O) groups excluding carboxylic acids is 1. The number of benzene rings is 1. The van der Waals surface area contributed by atoms with Crippen LogP contribution in [0.2, 0.25) is 0 Å². The molecule has 31 heavy (non-hydrogen) atoms. The van der Waals surface area contributed by atoms with Gasteiger partial charge in [-0.2, -0.15) is 13.2 Å². The van der Waals surface area contributed by atoms with Crippen molar-refractivity contribution in [3.63, 3.8) is 0 Å². The molecular weight excluding hydrogens is 411 g/mol. The molecule has 3 N–H and O–H groups in total. The number of nitrogens with one attached hydrogen (secondary N) is 3. The Morgan fingerprint density at radius 1 is 1.19 bits per heavy atom. The number of allylic oxidation sites excluding steroid dienone is 2. The van der Waals surface area contributed by atoms with Crippen molar-refractivity contribution < 1.29 is 22.7 Å². The van der Waals surface area contributed by atoms with Crippen LogP contribution < -0.4 is 20.9 Å². The largest absolute Gasteiger partial charge is 0.493 e. The van der Waals surface area contributed by atoms with E-state index in [4.69, 9.17) is 4.74 Å². The summed E-state index contributed by atoms with van der Waals surface area (Å²) in [5.41, 5.74) is 7.01. The molecule has 166 valence electrons. The summed E-state index contributed by atoms with van der Waals surface area (Å²) in [5, 5.41) is 2.61. The normalized spacial score (nSPS) is 19.8. The highest BCUT2D eigenvalue weighted by Crippen LogP contribution is 2.27. The van der Waals surface area contributed by atoms with Gasteiger partial charge in [0.15, 0.2) is 0 Å². The number of alkyl halides is 3. The molecule has 0 saturated heterocycles. The first-order valence-corrected chi connectivity index (χ1v) is 9.82. The third-order valence-corrected chi connectivity index (χ3v) is 4.67. The first-order chi connectivity index (χ1) is 14.7. The van der Waals surface area contributed by atoms with Crippen LogP contribution in [0.3, 0.4) is 0 Å². The SMILES string of the molecule is Cc1ccc(OCCCNC(=O)NNC2=NC(C(F)(F)F)=NC3C=CC=CC23)c(C)c1. The van der Waals surface area contributed by atoms with Crippen molar-refractivity contribution in [3.8, 4) is 5.75 Å². The number of halogens is 3. The van der Waals surface area contributed by atoms with Crippen LogP contribution in [0.15, 0.2) is 52.5 Å². The molecule has 0 spiro atoms. The number of carbonyl (C=O) groups is 1. The standard InChI is InChI=1S/C21H24F3N5O2/c1-13-8-9-17(14(2)12-13)31-11-5-10-25-20(30)29-28-18-15-6-3-4-7-16(15)26-19(27-18)21(22,23)24/h3-4,6-9,12,15-16H,5,10-11H2,1-2H3,(H2,25,29,30)(H,26,27,28). The lowest BCUT2D eigenvalue weighted by Gasteiger charge is -2.28. The van der Waals surface area contributed by atoms with Crippen molar-refractivity contribution in [2.45, 2.75) is 32.5 Å². The van der Waals surface area contributed by atoms with Gasteiger partial charge in [-0.15, -0.1) is 0 Å². The number of aliphatic imine (C=N–C) groups is 2. The predicted molar refractivity (Wildman–Crippen MR) is 112 cm³/mol. The number of amides is 2. The van der Waals surface area contributed by atoms with Crippen LogP contribution in [0.4, 0.5) is 18.0 Å². The van der Waals surface area contributed by atoms with Crippen LogP contribution in [-0.2, 0) is 0 Å². The van der Waals surface area contributed by atoms with Crippen molar-refractivity contribution in [1.82, 2.24) is 16.2 Å². The molecule has 10 heteroatoms. The summed E-state index contributed by atoms with van der Waals surface area (Å²) in [6.07, 6.45) is 2.44. The minimum Gasteiger partial charge on any atom is -0.493 e. The Kier molecular flexibility index (Phi) is 6.98. The molecule has 0 aromatic heterocycles. The zero-order valence-electron chi connectivity index (χ0n) is 17.2. The molecule has 2 unspecified atom stereocenters. The number of nitrogens with zero attached hydrogens (tertiary/aromatic N) is 2. The van der Waals surface area contributed by atoms with Crippen molar-refractivity contribution in [2.24, 2.45) is 15.9 Å². The van der Waals surface area contributed by atoms with Crippen LogP contribution in [0.5, 0.6) is 5.75 Å². The number of aryl methyl sites for hydroxylation is 2. The maximum absolute atomic E-state index is 13.1. The maximum atomic E-state index is 13.1. The highest BCUT2D eigenvalue weighted by Gasteiger charge is 2.41. The molecule has 3 rings (SSSR count). The van der Waals surface area contributed by atoms with E-state index in [1.165, 1.54) is 0 Å². The van der Waals surface area contributed by atoms with Gasteiger partial charge in [0.05, 0.1) is 18.6 Å². The first kappa shape index (κ1) is 22.4. The molecule has 1 aliphatic heterocycles. The van der Waals surface area contributed by atoms with Crippen LogP contribution in [-0.4, -0.2) is 43.1 Å². The average molecular weight is 435 g/mol. The summed E-state index contributed by atoms with van der Waals surface area (Å²) >= 11 is 0. The molecule has 1 aromatic rings. The van der Waals surface area contributed by atoms with Gasteiger partial charge in [0.2, 0.25) is 5.84 Å². The Bertz CT molecular complexity index is 937. The molecule has 1 heterocycles. The summed E-state index contributed by atoms with van der Waals surface area (Å²) in [6, 6.07) is 4.58. The van der Waals surface area contributed by atoms with Gasteiger partial charge in [-0.1, -0.05) is 42.0 Å². The van der Waals surface area contributed by atoms with Gasteiger partial charge < -0.3 is 10.1 Å². The molecule has 2 atom stereocenters. The van der Waals surface area contributed by atoms with Crippen LogP contribution in [0, 0.1) is 19.8 Å². The number of amidine groups is 2. The van der Waals surface area contributed by atoms with E-state index in [1.54, 1.807) is 24.3 Å². The molecule has 1 aliphatic carbocycles. The van der Waals surface area contributed by atoms with Gasteiger partial charge in [-0.25, -0.2) is 9.79 Å². The molecule has 0 fully saturated rings. The van der Waals surface area contributed by atoms with Gasteiger partial charge in [0.1, 0.15) is 11.6 Å². The Morgan fingerprint density at radius 2 is 1.97 bits per heavy atom. The molecule has 2 aliphatic rings. The maximum Gasteiger partial charge on any atom is 0.451 e. The van der Waals surface area contributed by atoms with Crippen molar-refractivity contribution >= 4 is 17.7 Å². The quantitative estimate of drug-likeness (QED) is 0.490. The zero-order valence-corrected chi connectivity index (χ0v) is 17.2. The highest BCUT2D eigenvalue weighted by molar-refractivity contribution is 6.04. The predicted octanol–water partition coefficient (Wildman–Crippen LogP) is 3.36. The smallest absolute Gasteiger partial charge is 0.451 e. The zero-order chi connectivity index (χ0) is 22.4. The van der Waals surface area contributed by atoms with Crippen LogP contribution in [0.25, 0.3) is 0 Å². The second-order valence-corrected chi connectivity index (χ2v) is 7.21. The van der Waals surface area contributed by atoms with E-state index in [9.17, 15) is 18.0 Å². The lowest BCUT2D eigenvalue weighted by Crippen LogP contribution is -2.52. The molecule has 1 aromatic carbocycles. The number of hydrogen-bond donors (Lipinski definition) is 3. The Labute approximate surface area is 178 Å². The van der Waals surface area contributed by atoms with E-state index in [2.05, 4.69) is 26.2 Å². The van der Waals surface area contributed by atoms with E-state index in [0.29, 0.717) is 19.6 Å². The fourth-order valence-corrected chi connectivity index (χ4v) is 3.16. The number of hydrogen-bond acceptors (Lipinski definition) is 5. The summed E-state index contributed by atoms with van der Waals surface area (Å²) in [6.45, 7) is 4.71. The van der Waals surface area contributed by atoms with E-state index in [-0.39, 0.29) is 5.84 Å². The van der Waals surface area contributed by atoms with Crippen molar-refractivity contribution in [1.29, 1.82) is 0 Å². The number of hydrazine groups is 1. The fourth-order valence-electron chi connectivity index (χ4n) is 3.16. The van der Waals surface area contributed by atoms with E-state index < -0.39 is 30.0 Å². The Hall–Kier alpha value is -3.30. The van der Waals surface area contributed by atoms with Gasteiger partial charge >= 0.3 is 12.2 Å². The van der Waals surface area contributed by atoms with Crippen LogP contribution >= 0.6 is 0 Å². The highest BCUT2D eigenvalue weighted by atomic mass is 19.4. The van der Waals surface area contributed by atoms with E-state index >= 15 is 0 Å². The summed E-state index contributed by atoms with van der Waals surface area (Å²) in [4.78, 5) is 19.2. The Balaban J connectivity index is 1.44. The van der Waals surface area contributed by atoms with Crippen LogP contribution in [0.1, 0.15) is 17.5 Å². The molecule has 0 bridgehead atoms. The number of ether oxygens (including phenoxy) is 1. The molecule has 0 saturated carbocycles. The molecular formula is C21H24F3N5O2.